The highest BCUT2D eigenvalue weighted by Gasteiger charge is 2.73. The Morgan fingerprint density at radius 3 is 2.00 bits per heavy atom. The fourth-order valence-corrected chi connectivity index (χ4v) is 15.3. The molecule has 50 heavy (non-hydrogen) atoms. The van der Waals surface area contributed by atoms with Crippen molar-refractivity contribution >= 4 is 11.9 Å². The summed E-state index contributed by atoms with van der Waals surface area (Å²) in [6.45, 7) is 27.0. The van der Waals surface area contributed by atoms with Gasteiger partial charge in [0.2, 0.25) is 5.91 Å². The Hall–Kier alpha value is -1.18. The van der Waals surface area contributed by atoms with Crippen LogP contribution >= 0.6 is 0 Å². The van der Waals surface area contributed by atoms with Crippen LogP contribution in [0, 0.1) is 62.1 Å². The van der Waals surface area contributed by atoms with E-state index < -0.39 is 0 Å². The highest BCUT2D eigenvalue weighted by Crippen LogP contribution is 2.79. The van der Waals surface area contributed by atoms with Gasteiger partial charge in [0.1, 0.15) is 6.10 Å². The number of fused-ring (bicyclic) bond motifs is 7. The molecule has 8 rings (SSSR count). The van der Waals surface area contributed by atoms with Crippen molar-refractivity contribution in [2.45, 2.75) is 132 Å². The predicted octanol–water partition coefficient (Wildman–Crippen LogP) is 7.28. The Labute approximate surface area is 304 Å². The van der Waals surface area contributed by atoms with Gasteiger partial charge in [-0.1, -0.05) is 41.5 Å². The van der Waals surface area contributed by atoms with Crippen molar-refractivity contribution in [2.24, 2.45) is 62.1 Å². The molecule has 2 aliphatic heterocycles. The monoisotopic (exact) mass is 694 g/mol. The number of nitrogens with zero attached hydrogens (tertiary/aromatic N) is 3. The van der Waals surface area contributed by atoms with Crippen molar-refractivity contribution in [3.05, 3.63) is 0 Å². The van der Waals surface area contributed by atoms with Crippen molar-refractivity contribution in [3.8, 4) is 0 Å². The van der Waals surface area contributed by atoms with Gasteiger partial charge in [0.15, 0.2) is 0 Å². The maximum Gasteiger partial charge on any atom is 0.302 e. The van der Waals surface area contributed by atoms with E-state index in [2.05, 4.69) is 56.2 Å². The van der Waals surface area contributed by atoms with Gasteiger partial charge in [-0.05, 0) is 128 Å². The number of ether oxygens (including phenoxy) is 2. The van der Waals surface area contributed by atoms with Crippen LogP contribution in [0.4, 0.5) is 0 Å². The molecule has 10 atom stereocenters. The molecule has 1 amide bonds. The molecule has 8 aliphatic rings. The maximum atomic E-state index is 15.2. The van der Waals surface area contributed by atoms with E-state index in [0.29, 0.717) is 40.9 Å². The van der Waals surface area contributed by atoms with E-state index in [1.165, 1.54) is 57.8 Å². The second-order valence-corrected chi connectivity index (χ2v) is 20.7. The summed E-state index contributed by atoms with van der Waals surface area (Å²) in [6.07, 6.45) is 14.8. The molecule has 0 spiro atoms. The second-order valence-electron chi connectivity index (χ2n) is 20.7. The Kier molecular flexibility index (Phi) is 8.91. The van der Waals surface area contributed by atoms with Crippen molar-refractivity contribution in [3.63, 3.8) is 0 Å². The summed E-state index contributed by atoms with van der Waals surface area (Å²) in [4.78, 5) is 34.8. The number of carbonyl (C=O) groups is 2. The molecule has 0 unspecified atom stereocenters. The molecule has 6 saturated carbocycles. The zero-order valence-electron chi connectivity index (χ0n) is 33.0. The van der Waals surface area contributed by atoms with Gasteiger partial charge >= 0.3 is 5.97 Å². The van der Waals surface area contributed by atoms with E-state index in [9.17, 15) is 4.79 Å². The fraction of sp³-hybridized carbons (Fsp3) is 0.953. The number of hydrogen-bond donors (Lipinski definition) is 0. The summed E-state index contributed by atoms with van der Waals surface area (Å²) in [5.74, 6) is 3.59. The minimum absolute atomic E-state index is 0.00443. The topological polar surface area (TPSA) is 62.3 Å². The number of morpholine rings is 1. The quantitative estimate of drug-likeness (QED) is 0.273. The van der Waals surface area contributed by atoms with Crippen LogP contribution in [0.5, 0.6) is 0 Å². The first-order valence-electron chi connectivity index (χ1n) is 21.2. The van der Waals surface area contributed by atoms with E-state index in [4.69, 9.17) is 9.47 Å². The summed E-state index contributed by atoms with van der Waals surface area (Å²) in [7, 11) is 0. The molecular formula is C43H71N3O4. The van der Waals surface area contributed by atoms with E-state index in [-0.39, 0.29) is 39.1 Å². The van der Waals surface area contributed by atoms with Crippen LogP contribution in [-0.2, 0) is 19.1 Å². The molecule has 6 aliphatic carbocycles. The number of carbonyl (C=O) groups excluding carboxylic acids is 2. The number of hydrogen-bond acceptors (Lipinski definition) is 6. The molecule has 282 valence electrons. The van der Waals surface area contributed by atoms with E-state index in [1.54, 1.807) is 6.92 Å². The highest BCUT2D eigenvalue weighted by atomic mass is 16.5. The highest BCUT2D eigenvalue weighted by molar-refractivity contribution is 5.84. The van der Waals surface area contributed by atoms with Crippen molar-refractivity contribution < 1.29 is 19.1 Å². The fourth-order valence-electron chi connectivity index (χ4n) is 15.3. The Bertz CT molecular complexity index is 1320. The third-order valence-corrected chi connectivity index (χ3v) is 18.5. The van der Waals surface area contributed by atoms with Gasteiger partial charge in [0, 0.05) is 64.7 Å². The van der Waals surface area contributed by atoms with Gasteiger partial charge in [-0.2, -0.15) is 0 Å². The smallest absolute Gasteiger partial charge is 0.302 e. The van der Waals surface area contributed by atoms with E-state index >= 15 is 4.79 Å². The lowest BCUT2D eigenvalue weighted by molar-refractivity contribution is -0.251. The SMILES string of the molecule is CC(=O)O[C@H]1CC[C@]2(C)[C@H]3CC[C@@H]4[C@H]5[C@H](C6(C)CC6)CC[C@]5(C(=O)N5CCN(CCN6CCOCC6)CC5)CC[C@@]4(C)[C@]3(C)CC[C@H]2C1(C)C. The first kappa shape index (κ1) is 35.8. The van der Waals surface area contributed by atoms with Crippen LogP contribution in [0.3, 0.4) is 0 Å². The van der Waals surface area contributed by atoms with Crippen LogP contribution in [0.15, 0.2) is 0 Å². The predicted molar refractivity (Wildman–Crippen MR) is 197 cm³/mol. The Balaban J connectivity index is 1.03. The van der Waals surface area contributed by atoms with Crippen molar-refractivity contribution in [1.82, 2.24) is 14.7 Å². The second kappa shape index (κ2) is 12.4. The Morgan fingerprint density at radius 1 is 0.660 bits per heavy atom. The number of piperazine rings is 1. The Morgan fingerprint density at radius 2 is 1.34 bits per heavy atom. The molecule has 0 radical (unpaired) electrons. The van der Waals surface area contributed by atoms with Crippen molar-refractivity contribution in [2.75, 3.05) is 65.6 Å². The minimum Gasteiger partial charge on any atom is -0.462 e. The van der Waals surface area contributed by atoms with E-state index in [0.717, 1.165) is 84.8 Å². The lowest BCUT2D eigenvalue weighted by Crippen LogP contribution is -2.68. The summed E-state index contributed by atoms with van der Waals surface area (Å²) in [6, 6.07) is 0. The van der Waals surface area contributed by atoms with Crippen LogP contribution in [-0.4, -0.2) is 98.3 Å². The molecule has 7 nitrogen and oxygen atoms in total. The summed E-state index contributed by atoms with van der Waals surface area (Å²) < 4.78 is 11.6. The normalized spacial score (nSPS) is 47.0. The summed E-state index contributed by atoms with van der Waals surface area (Å²) >= 11 is 0. The zero-order chi connectivity index (χ0) is 35.3. The summed E-state index contributed by atoms with van der Waals surface area (Å²) in [5, 5.41) is 0. The van der Waals surface area contributed by atoms with Gasteiger partial charge < -0.3 is 14.4 Å². The minimum atomic E-state index is -0.148. The molecular weight excluding hydrogens is 622 g/mol. The third-order valence-electron chi connectivity index (χ3n) is 18.5. The molecule has 0 bridgehead atoms. The molecule has 2 saturated heterocycles. The molecule has 8 fully saturated rings. The first-order valence-corrected chi connectivity index (χ1v) is 21.2. The van der Waals surface area contributed by atoms with Gasteiger partial charge in [-0.3, -0.25) is 19.4 Å². The van der Waals surface area contributed by atoms with E-state index in [1.807, 2.05) is 0 Å². The lowest BCUT2D eigenvalue weighted by Gasteiger charge is -2.73. The number of amides is 1. The molecule has 0 aromatic carbocycles. The van der Waals surface area contributed by atoms with Crippen LogP contribution in [0.1, 0.15) is 126 Å². The molecule has 7 heteroatoms. The van der Waals surface area contributed by atoms with Gasteiger partial charge in [-0.25, -0.2) is 0 Å². The maximum absolute atomic E-state index is 15.2. The van der Waals surface area contributed by atoms with Gasteiger partial charge in [0.05, 0.1) is 18.6 Å². The van der Waals surface area contributed by atoms with Crippen LogP contribution in [0.2, 0.25) is 0 Å². The molecule has 2 heterocycles. The molecule has 0 aromatic rings. The van der Waals surface area contributed by atoms with Crippen LogP contribution < -0.4 is 0 Å². The average Bonchev–Trinajstić information content (AvgIpc) is 3.70. The standard InChI is InChI=1S/C43H71N3O4/c1-30(47)50-35-12-13-40(5)33(38(35,2)3)11-14-42(7)34(40)9-8-32-36-31(39(4)16-17-39)10-15-43(36,19-18-41(32,42)6)37(48)46-24-22-44(23-25-46)20-21-45-26-28-49-29-27-45/h31-36H,8-29H2,1-7H3/t31-,32-,33+,34-,35+,36-,40+,41-,42-,43+/m1/s1. The number of rotatable bonds is 6. The lowest BCUT2D eigenvalue weighted by atomic mass is 9.32. The molecule has 0 N–H and O–H groups in total. The van der Waals surface area contributed by atoms with Gasteiger partial charge in [0.25, 0.3) is 0 Å². The van der Waals surface area contributed by atoms with Crippen molar-refractivity contribution in [1.29, 1.82) is 0 Å². The van der Waals surface area contributed by atoms with Crippen LogP contribution in [0.25, 0.3) is 0 Å². The zero-order valence-corrected chi connectivity index (χ0v) is 33.0. The molecule has 0 aromatic heterocycles. The van der Waals surface area contributed by atoms with Gasteiger partial charge in [-0.15, -0.1) is 0 Å². The average molecular weight is 694 g/mol. The third kappa shape index (κ3) is 5.33. The largest absolute Gasteiger partial charge is 0.462 e. The first-order chi connectivity index (χ1) is 23.7. The summed E-state index contributed by atoms with van der Waals surface area (Å²) in [5.41, 5.74) is 1.11. The number of esters is 1.